The predicted molar refractivity (Wildman–Crippen MR) is 100 cm³/mol. The summed E-state index contributed by atoms with van der Waals surface area (Å²) in [5.41, 5.74) is 1.15. The molecule has 8 nitrogen and oxygen atoms in total. The molecule has 0 radical (unpaired) electrons. The van der Waals surface area contributed by atoms with Crippen molar-refractivity contribution in [3.63, 3.8) is 0 Å². The van der Waals surface area contributed by atoms with Crippen LogP contribution in [0.5, 0.6) is 11.5 Å². The number of carbonyl (C=O) groups excluding carboxylic acids is 1. The molecule has 0 N–H and O–H groups in total. The van der Waals surface area contributed by atoms with Gasteiger partial charge in [0.05, 0.1) is 28.2 Å². The quantitative estimate of drug-likeness (QED) is 0.434. The number of non-ortho nitro benzene ring substituents is 1. The van der Waals surface area contributed by atoms with E-state index < -0.39 is 10.8 Å². The number of nitrogens with zero attached hydrogens (tertiary/aromatic N) is 3. The lowest BCUT2D eigenvalue weighted by Gasteiger charge is -2.25. The van der Waals surface area contributed by atoms with Crippen LogP contribution in [0.3, 0.4) is 0 Å². The van der Waals surface area contributed by atoms with Gasteiger partial charge in [-0.3, -0.25) is 14.9 Å². The topological polar surface area (TPSA) is 106 Å². The Morgan fingerprint density at radius 2 is 2.00 bits per heavy atom. The van der Waals surface area contributed by atoms with E-state index in [9.17, 15) is 14.9 Å². The highest BCUT2D eigenvalue weighted by molar-refractivity contribution is 5.98. The Labute approximate surface area is 161 Å². The first-order valence-corrected chi connectivity index (χ1v) is 8.50. The van der Waals surface area contributed by atoms with Gasteiger partial charge >= 0.3 is 0 Å². The van der Waals surface area contributed by atoms with Crippen molar-refractivity contribution in [3.8, 4) is 17.6 Å². The smallest absolute Gasteiger partial charge is 0.274 e. The first-order valence-electron chi connectivity index (χ1n) is 8.50. The van der Waals surface area contributed by atoms with E-state index in [1.807, 2.05) is 6.07 Å². The van der Waals surface area contributed by atoms with E-state index in [1.165, 1.54) is 17.0 Å². The number of rotatable bonds is 6. The molecule has 142 valence electrons. The van der Waals surface area contributed by atoms with Crippen LogP contribution in [0.2, 0.25) is 0 Å². The molecule has 2 aromatic rings. The Morgan fingerprint density at radius 3 is 2.64 bits per heavy atom. The van der Waals surface area contributed by atoms with Gasteiger partial charge < -0.3 is 14.4 Å². The maximum Gasteiger partial charge on any atom is 0.274 e. The number of ether oxygens (including phenoxy) is 2. The molecule has 0 saturated carbocycles. The molecule has 0 saturated heterocycles. The molecular weight excluding hydrogens is 362 g/mol. The summed E-state index contributed by atoms with van der Waals surface area (Å²) < 4.78 is 11.0. The summed E-state index contributed by atoms with van der Waals surface area (Å²) >= 11 is 0. The van der Waals surface area contributed by atoms with Gasteiger partial charge in [-0.15, -0.1) is 6.58 Å². The summed E-state index contributed by atoms with van der Waals surface area (Å²) in [5, 5.41) is 20.2. The van der Waals surface area contributed by atoms with Gasteiger partial charge in [0.2, 0.25) is 0 Å². The van der Waals surface area contributed by atoms with Gasteiger partial charge in [-0.2, -0.15) is 5.26 Å². The molecule has 0 atom stereocenters. The van der Waals surface area contributed by atoms with Crippen molar-refractivity contribution in [2.24, 2.45) is 0 Å². The minimum atomic E-state index is -0.576. The Morgan fingerprint density at radius 1 is 1.29 bits per heavy atom. The van der Waals surface area contributed by atoms with E-state index in [1.54, 1.807) is 30.3 Å². The average Bonchev–Trinajstić information content (AvgIpc) is 2.72. The molecule has 2 aromatic carbocycles. The Kier molecular flexibility index (Phi) is 5.56. The zero-order chi connectivity index (χ0) is 20.1. The van der Waals surface area contributed by atoms with Gasteiger partial charge in [0.1, 0.15) is 13.2 Å². The highest BCUT2D eigenvalue weighted by atomic mass is 16.6. The summed E-state index contributed by atoms with van der Waals surface area (Å²) in [6.45, 7) is 4.66. The van der Waals surface area contributed by atoms with E-state index in [0.29, 0.717) is 5.56 Å². The summed E-state index contributed by atoms with van der Waals surface area (Å²) in [4.78, 5) is 25.3. The van der Waals surface area contributed by atoms with Gasteiger partial charge in [-0.05, 0) is 17.7 Å². The van der Waals surface area contributed by atoms with Crippen molar-refractivity contribution in [2.75, 3.05) is 19.8 Å². The van der Waals surface area contributed by atoms with Gasteiger partial charge in [-0.1, -0.05) is 18.2 Å². The third-order valence-electron chi connectivity index (χ3n) is 4.16. The van der Waals surface area contributed by atoms with Crippen molar-refractivity contribution < 1.29 is 19.2 Å². The standard InChI is InChI=1S/C20H17N3O5/c1-2-7-22(13-15-5-3-14(12-21)4-6-15)20(24)17-10-16(23(25)26)11-18-19(17)28-9-8-27-18/h2-6,10-11H,1,7-9,13H2. The van der Waals surface area contributed by atoms with E-state index in [4.69, 9.17) is 14.7 Å². The molecule has 1 aliphatic heterocycles. The molecule has 1 heterocycles. The van der Waals surface area contributed by atoms with Crippen LogP contribution < -0.4 is 9.47 Å². The molecule has 0 aliphatic carbocycles. The zero-order valence-corrected chi connectivity index (χ0v) is 15.0. The van der Waals surface area contributed by atoms with E-state index in [0.717, 1.165) is 5.56 Å². The van der Waals surface area contributed by atoms with Crippen LogP contribution in [0.15, 0.2) is 49.1 Å². The SMILES string of the molecule is C=CCN(Cc1ccc(C#N)cc1)C(=O)c1cc([N+](=O)[O-])cc2c1OCCO2. The Balaban J connectivity index is 1.96. The summed E-state index contributed by atoms with van der Waals surface area (Å²) in [5.74, 6) is -0.0498. The molecule has 1 aliphatic rings. The van der Waals surface area contributed by atoms with Crippen LogP contribution in [-0.2, 0) is 6.54 Å². The van der Waals surface area contributed by atoms with Gasteiger partial charge in [0.15, 0.2) is 11.5 Å². The largest absolute Gasteiger partial charge is 0.486 e. The molecule has 28 heavy (non-hydrogen) atoms. The molecule has 0 spiro atoms. The second-order valence-electron chi connectivity index (χ2n) is 6.06. The Bertz CT molecular complexity index is 963. The monoisotopic (exact) mass is 379 g/mol. The molecule has 0 unspecified atom stereocenters. The number of fused-ring (bicyclic) bond motifs is 1. The predicted octanol–water partition coefficient (Wildman–Crippen LogP) is 3.07. The lowest BCUT2D eigenvalue weighted by molar-refractivity contribution is -0.385. The van der Waals surface area contributed by atoms with E-state index in [-0.39, 0.29) is 49.1 Å². The van der Waals surface area contributed by atoms with Crippen molar-refractivity contribution in [1.82, 2.24) is 4.90 Å². The van der Waals surface area contributed by atoms with Crippen LogP contribution in [-0.4, -0.2) is 35.5 Å². The van der Waals surface area contributed by atoms with Crippen molar-refractivity contribution in [3.05, 3.63) is 75.9 Å². The van der Waals surface area contributed by atoms with E-state index in [2.05, 4.69) is 6.58 Å². The van der Waals surface area contributed by atoms with E-state index >= 15 is 0 Å². The number of nitro groups is 1. The van der Waals surface area contributed by atoms with Gasteiger partial charge in [0, 0.05) is 19.2 Å². The van der Waals surface area contributed by atoms with Crippen LogP contribution in [0.25, 0.3) is 0 Å². The second-order valence-corrected chi connectivity index (χ2v) is 6.06. The third kappa shape index (κ3) is 3.94. The van der Waals surface area contributed by atoms with Gasteiger partial charge in [0.25, 0.3) is 11.6 Å². The van der Waals surface area contributed by atoms with Crippen molar-refractivity contribution in [1.29, 1.82) is 5.26 Å². The maximum atomic E-state index is 13.2. The fourth-order valence-corrected chi connectivity index (χ4v) is 2.85. The highest BCUT2D eigenvalue weighted by Crippen LogP contribution is 2.38. The number of hydrogen-bond donors (Lipinski definition) is 0. The van der Waals surface area contributed by atoms with Crippen molar-refractivity contribution >= 4 is 11.6 Å². The number of nitriles is 1. The summed E-state index contributed by atoms with van der Waals surface area (Å²) in [6, 6.07) is 11.3. The lowest BCUT2D eigenvalue weighted by Crippen LogP contribution is -2.32. The number of hydrogen-bond acceptors (Lipinski definition) is 6. The minimum absolute atomic E-state index is 0.0689. The molecule has 0 aromatic heterocycles. The third-order valence-corrected chi connectivity index (χ3v) is 4.16. The first kappa shape index (κ1) is 18.9. The number of nitro benzene ring substituents is 1. The van der Waals surface area contributed by atoms with Crippen LogP contribution in [0, 0.1) is 21.4 Å². The number of amides is 1. The lowest BCUT2D eigenvalue weighted by atomic mass is 10.1. The fraction of sp³-hybridized carbons (Fsp3) is 0.200. The fourth-order valence-electron chi connectivity index (χ4n) is 2.85. The zero-order valence-electron chi connectivity index (χ0n) is 15.0. The Hall–Kier alpha value is -3.86. The maximum absolute atomic E-state index is 13.2. The van der Waals surface area contributed by atoms with Gasteiger partial charge in [-0.25, -0.2) is 0 Å². The van der Waals surface area contributed by atoms with Crippen LogP contribution in [0.4, 0.5) is 5.69 Å². The minimum Gasteiger partial charge on any atom is -0.486 e. The summed E-state index contributed by atoms with van der Waals surface area (Å²) in [7, 11) is 0. The summed E-state index contributed by atoms with van der Waals surface area (Å²) in [6.07, 6.45) is 1.57. The normalized spacial score (nSPS) is 12.0. The molecule has 0 fully saturated rings. The number of carbonyl (C=O) groups is 1. The molecule has 8 heteroatoms. The second kappa shape index (κ2) is 8.22. The molecule has 0 bridgehead atoms. The molecule has 1 amide bonds. The molecule has 3 rings (SSSR count). The van der Waals surface area contributed by atoms with Crippen LogP contribution in [0.1, 0.15) is 21.5 Å². The highest BCUT2D eigenvalue weighted by Gasteiger charge is 2.28. The van der Waals surface area contributed by atoms with Crippen LogP contribution >= 0.6 is 0 Å². The van der Waals surface area contributed by atoms with Crippen molar-refractivity contribution in [2.45, 2.75) is 6.54 Å². The first-order chi connectivity index (χ1) is 13.5. The average molecular weight is 379 g/mol. The molecular formula is C20H17N3O5. The number of benzene rings is 2.